The smallest absolute Gasteiger partial charge is 0.222 e. The Kier molecular flexibility index (Phi) is 6.16. The number of aromatic nitrogens is 4. The molecular weight excluding hydrogens is 402 g/mol. The minimum Gasteiger partial charge on any atom is -0.497 e. The number of anilines is 1. The van der Waals surface area contributed by atoms with Crippen molar-refractivity contribution in [2.75, 3.05) is 19.0 Å². The summed E-state index contributed by atoms with van der Waals surface area (Å²) in [6, 6.07) is 13.9. The zero-order chi connectivity index (χ0) is 22.7. The molecule has 32 heavy (non-hydrogen) atoms. The van der Waals surface area contributed by atoms with E-state index in [1.807, 2.05) is 67.9 Å². The molecule has 7 heteroatoms. The van der Waals surface area contributed by atoms with E-state index in [4.69, 9.17) is 19.6 Å². The van der Waals surface area contributed by atoms with E-state index in [0.717, 1.165) is 45.0 Å². The Bertz CT molecular complexity index is 1220. The molecule has 3 aromatic heterocycles. The molecule has 0 bridgehead atoms. The van der Waals surface area contributed by atoms with Crippen LogP contribution < -0.4 is 14.8 Å². The average Bonchev–Trinajstić information content (AvgIpc) is 3.15. The molecular formula is C25H28N5O2+. The summed E-state index contributed by atoms with van der Waals surface area (Å²) < 4.78 is 12.9. The molecule has 0 aliphatic heterocycles. The first-order valence-electron chi connectivity index (χ1n) is 10.7. The second-order valence-electron chi connectivity index (χ2n) is 7.62. The molecule has 0 saturated carbocycles. The molecule has 3 heterocycles. The summed E-state index contributed by atoms with van der Waals surface area (Å²) in [5.74, 6) is 1.40. The lowest BCUT2D eigenvalue weighted by molar-refractivity contribution is 0.328. The Morgan fingerprint density at radius 2 is 1.97 bits per heavy atom. The number of hydrogen-bond acceptors (Lipinski definition) is 6. The fourth-order valence-electron chi connectivity index (χ4n) is 3.65. The topological polar surface area (TPSA) is 74.1 Å². The molecule has 0 fully saturated rings. The third-order valence-electron chi connectivity index (χ3n) is 5.21. The van der Waals surface area contributed by atoms with Crippen molar-refractivity contribution in [3.63, 3.8) is 0 Å². The van der Waals surface area contributed by atoms with Crippen LogP contribution in [-0.2, 0) is 6.54 Å². The number of nitrogens with zero attached hydrogens (tertiary/aromatic N) is 4. The van der Waals surface area contributed by atoms with Gasteiger partial charge in [0.05, 0.1) is 43.3 Å². The molecule has 0 saturated heterocycles. The van der Waals surface area contributed by atoms with Gasteiger partial charge in [-0.3, -0.25) is 0 Å². The van der Waals surface area contributed by atoms with E-state index >= 15 is 0 Å². The molecule has 0 aliphatic carbocycles. The van der Waals surface area contributed by atoms with Gasteiger partial charge in [0.15, 0.2) is 6.04 Å². The summed E-state index contributed by atoms with van der Waals surface area (Å²) in [6.07, 6.45) is 1.73. The van der Waals surface area contributed by atoms with Gasteiger partial charge >= 0.3 is 0 Å². The maximum atomic E-state index is 5.75. The van der Waals surface area contributed by atoms with Crippen LogP contribution in [0.5, 0.6) is 11.6 Å². The zero-order valence-electron chi connectivity index (χ0n) is 18.9. The second kappa shape index (κ2) is 9.18. The van der Waals surface area contributed by atoms with Crippen molar-refractivity contribution in [1.29, 1.82) is 0 Å². The van der Waals surface area contributed by atoms with Crippen LogP contribution in [-0.4, -0.2) is 33.5 Å². The number of benzene rings is 1. The number of methoxy groups -OCH3 is 1. The number of rotatable bonds is 8. The van der Waals surface area contributed by atoms with Gasteiger partial charge in [0.2, 0.25) is 5.88 Å². The molecule has 0 spiro atoms. The van der Waals surface area contributed by atoms with E-state index in [-0.39, 0.29) is 6.04 Å². The molecule has 4 aromatic rings. The van der Waals surface area contributed by atoms with Gasteiger partial charge in [-0.15, -0.1) is 0 Å². The highest BCUT2D eigenvalue weighted by Crippen LogP contribution is 2.34. The normalized spacial score (nSPS) is 12.0. The summed E-state index contributed by atoms with van der Waals surface area (Å²) in [5, 5.41) is 8.29. The molecule has 164 valence electrons. The van der Waals surface area contributed by atoms with Crippen LogP contribution in [0, 0.1) is 13.8 Å². The predicted molar refractivity (Wildman–Crippen MR) is 127 cm³/mol. The minimum absolute atomic E-state index is 0.0437. The lowest BCUT2D eigenvalue weighted by Crippen LogP contribution is -2.07. The van der Waals surface area contributed by atoms with Crippen LogP contribution >= 0.6 is 0 Å². The number of fused-ring (bicyclic) bond motifs is 1. The largest absolute Gasteiger partial charge is 0.497 e. The maximum absolute atomic E-state index is 5.75. The Balaban J connectivity index is 1.81. The monoisotopic (exact) mass is 430 g/mol. The van der Waals surface area contributed by atoms with Crippen molar-refractivity contribution < 1.29 is 9.47 Å². The van der Waals surface area contributed by atoms with Crippen LogP contribution in [0.25, 0.3) is 22.3 Å². The quantitative estimate of drug-likeness (QED) is 0.387. The van der Waals surface area contributed by atoms with E-state index in [1.165, 1.54) is 0 Å². The first-order valence-corrected chi connectivity index (χ1v) is 10.7. The van der Waals surface area contributed by atoms with Crippen molar-refractivity contribution in [2.24, 2.45) is 0 Å². The lowest BCUT2D eigenvalue weighted by atomic mass is 10.1. The molecule has 0 aliphatic rings. The van der Waals surface area contributed by atoms with E-state index in [9.17, 15) is 0 Å². The summed E-state index contributed by atoms with van der Waals surface area (Å²) in [6.45, 7) is 11.3. The zero-order valence-corrected chi connectivity index (χ0v) is 18.9. The number of pyridine rings is 2. The van der Waals surface area contributed by atoms with Crippen molar-refractivity contribution in [2.45, 2.75) is 33.4 Å². The summed E-state index contributed by atoms with van der Waals surface area (Å²) in [4.78, 5) is 9.34. The van der Waals surface area contributed by atoms with Crippen LogP contribution in [0.1, 0.15) is 31.1 Å². The highest BCUT2D eigenvalue weighted by atomic mass is 16.5. The van der Waals surface area contributed by atoms with Crippen LogP contribution in [0.4, 0.5) is 5.69 Å². The van der Waals surface area contributed by atoms with Gasteiger partial charge in [0, 0.05) is 12.7 Å². The average molecular weight is 431 g/mol. The molecule has 7 nitrogen and oxygen atoms in total. The van der Waals surface area contributed by atoms with E-state index in [2.05, 4.69) is 17.2 Å². The van der Waals surface area contributed by atoms with Gasteiger partial charge in [-0.1, -0.05) is 12.1 Å². The Morgan fingerprint density at radius 1 is 1.19 bits per heavy atom. The SMILES string of the molecule is [CH2+]C(C)n1nc(C)c2nc(-c3cccnc3OCC)cc(NCc3ccc(OC)cc3)c21. The Morgan fingerprint density at radius 3 is 2.66 bits per heavy atom. The first kappa shape index (κ1) is 21.5. The summed E-state index contributed by atoms with van der Waals surface area (Å²) in [5.41, 5.74) is 6.32. The van der Waals surface area contributed by atoms with Crippen molar-refractivity contribution in [3.05, 3.63) is 66.8 Å². The first-order chi connectivity index (χ1) is 15.5. The van der Waals surface area contributed by atoms with E-state index in [0.29, 0.717) is 19.0 Å². The van der Waals surface area contributed by atoms with E-state index < -0.39 is 0 Å². The van der Waals surface area contributed by atoms with Crippen LogP contribution in [0.3, 0.4) is 0 Å². The van der Waals surface area contributed by atoms with Gasteiger partial charge in [-0.2, -0.15) is 5.10 Å². The molecule has 0 amide bonds. The predicted octanol–water partition coefficient (Wildman–Crippen LogP) is 5.22. The highest BCUT2D eigenvalue weighted by molar-refractivity contribution is 5.93. The van der Waals surface area contributed by atoms with Crippen molar-refractivity contribution in [1.82, 2.24) is 19.7 Å². The van der Waals surface area contributed by atoms with Gasteiger partial charge in [0.25, 0.3) is 0 Å². The van der Waals surface area contributed by atoms with Gasteiger partial charge in [0.1, 0.15) is 16.8 Å². The molecule has 1 atom stereocenters. The number of hydrogen-bond donors (Lipinski definition) is 1. The third-order valence-corrected chi connectivity index (χ3v) is 5.21. The summed E-state index contributed by atoms with van der Waals surface area (Å²) in [7, 11) is 1.67. The van der Waals surface area contributed by atoms with Crippen LogP contribution in [0.2, 0.25) is 0 Å². The number of aryl methyl sites for hydroxylation is 1. The fraction of sp³-hybridized carbons (Fsp3) is 0.280. The molecule has 1 unspecified atom stereocenters. The Hall–Kier alpha value is -3.74. The fourth-order valence-corrected chi connectivity index (χ4v) is 3.65. The van der Waals surface area contributed by atoms with Gasteiger partial charge < -0.3 is 14.8 Å². The van der Waals surface area contributed by atoms with Gasteiger partial charge in [-0.25, -0.2) is 14.6 Å². The summed E-state index contributed by atoms with van der Waals surface area (Å²) >= 11 is 0. The number of nitrogens with one attached hydrogen (secondary N) is 1. The molecule has 1 aromatic carbocycles. The minimum atomic E-state index is -0.0437. The molecule has 0 radical (unpaired) electrons. The molecule has 4 rings (SSSR count). The maximum Gasteiger partial charge on any atom is 0.222 e. The third kappa shape index (κ3) is 4.19. The Labute approximate surface area is 188 Å². The standard InChI is InChI=1S/C25H28N5O2/c1-6-32-25-20(8-7-13-26-25)21-14-22(27-15-18-9-11-19(31-5)12-10-18)24-23(28-21)17(4)29-30(24)16(2)3/h7-14,16H,2,6,15H2,1,3-5H3,(H,27,28)/q+1. The highest BCUT2D eigenvalue weighted by Gasteiger charge is 2.21. The lowest BCUT2D eigenvalue weighted by Gasteiger charge is -2.14. The van der Waals surface area contributed by atoms with Crippen LogP contribution in [0.15, 0.2) is 48.7 Å². The van der Waals surface area contributed by atoms with Gasteiger partial charge in [-0.05, 0) is 56.7 Å². The second-order valence-corrected chi connectivity index (χ2v) is 7.62. The number of ether oxygens (including phenoxy) is 2. The van der Waals surface area contributed by atoms with Crippen molar-refractivity contribution >= 4 is 16.7 Å². The molecule has 1 N–H and O–H groups in total. The van der Waals surface area contributed by atoms with E-state index in [1.54, 1.807) is 13.3 Å². The van der Waals surface area contributed by atoms with Crippen molar-refractivity contribution in [3.8, 4) is 22.9 Å².